The molecule has 0 bridgehead atoms. The molecule has 2 aromatic rings. The minimum absolute atomic E-state index is 0.128. The van der Waals surface area contributed by atoms with Gasteiger partial charge in [-0.05, 0) is 30.9 Å². The maximum Gasteiger partial charge on any atom is 0.146 e. The van der Waals surface area contributed by atoms with Crippen molar-refractivity contribution in [3.05, 3.63) is 40.5 Å². The molecule has 0 aliphatic rings. The summed E-state index contributed by atoms with van der Waals surface area (Å²) in [5.41, 5.74) is 9.18. The molecule has 2 rings (SSSR count). The van der Waals surface area contributed by atoms with Gasteiger partial charge in [-0.2, -0.15) is 5.10 Å². The smallest absolute Gasteiger partial charge is 0.146 e. The van der Waals surface area contributed by atoms with Crippen LogP contribution in [0.1, 0.15) is 32.0 Å². The molecule has 1 heterocycles. The van der Waals surface area contributed by atoms with Crippen LogP contribution >= 0.6 is 11.6 Å². The summed E-state index contributed by atoms with van der Waals surface area (Å²) in [6.45, 7) is 8.52. The molecule has 0 unspecified atom stereocenters. The van der Waals surface area contributed by atoms with Crippen molar-refractivity contribution >= 4 is 17.4 Å². The summed E-state index contributed by atoms with van der Waals surface area (Å²) >= 11 is 6.29. The fourth-order valence-corrected chi connectivity index (χ4v) is 2.14. The summed E-state index contributed by atoms with van der Waals surface area (Å²) in [5, 5.41) is 5.12. The minimum Gasteiger partial charge on any atom is -0.382 e. The van der Waals surface area contributed by atoms with Crippen LogP contribution in [0, 0.1) is 12.3 Å². The van der Waals surface area contributed by atoms with Crippen LogP contribution in [0.25, 0.3) is 5.69 Å². The second-order valence-electron chi connectivity index (χ2n) is 6.13. The lowest BCUT2D eigenvalue weighted by atomic mass is 9.91. The van der Waals surface area contributed by atoms with E-state index in [-0.39, 0.29) is 5.41 Å². The third-order valence-corrected chi connectivity index (χ3v) is 3.32. The van der Waals surface area contributed by atoms with Crippen molar-refractivity contribution in [1.29, 1.82) is 0 Å². The van der Waals surface area contributed by atoms with Crippen LogP contribution in [0.4, 0.5) is 5.82 Å². The second-order valence-corrected chi connectivity index (χ2v) is 6.51. The van der Waals surface area contributed by atoms with Gasteiger partial charge in [0, 0.05) is 0 Å². The highest BCUT2D eigenvalue weighted by Crippen LogP contribution is 2.30. The average Bonchev–Trinajstić information content (AvgIpc) is 2.57. The maximum atomic E-state index is 6.29. The molecule has 102 valence electrons. The minimum atomic E-state index is 0.128. The zero-order valence-electron chi connectivity index (χ0n) is 11.9. The van der Waals surface area contributed by atoms with Crippen molar-refractivity contribution in [3.8, 4) is 5.69 Å². The van der Waals surface area contributed by atoms with Gasteiger partial charge in [-0.3, -0.25) is 0 Å². The number of benzene rings is 1. The van der Waals surface area contributed by atoms with Gasteiger partial charge in [-0.25, -0.2) is 4.68 Å². The number of aryl methyl sites for hydroxylation is 1. The molecule has 0 fully saturated rings. The summed E-state index contributed by atoms with van der Waals surface area (Å²) < 4.78 is 1.71. The number of nitrogens with zero attached hydrogens (tertiary/aromatic N) is 2. The van der Waals surface area contributed by atoms with Gasteiger partial charge in [0.15, 0.2) is 0 Å². The van der Waals surface area contributed by atoms with Crippen LogP contribution in [0.2, 0.25) is 5.02 Å². The van der Waals surface area contributed by atoms with Gasteiger partial charge in [0.1, 0.15) is 10.8 Å². The molecule has 3 nitrogen and oxygen atoms in total. The van der Waals surface area contributed by atoms with Crippen LogP contribution < -0.4 is 5.73 Å². The molecule has 4 heteroatoms. The topological polar surface area (TPSA) is 43.8 Å². The van der Waals surface area contributed by atoms with Crippen molar-refractivity contribution < 1.29 is 0 Å². The van der Waals surface area contributed by atoms with Gasteiger partial charge in [0.25, 0.3) is 0 Å². The van der Waals surface area contributed by atoms with Crippen LogP contribution in [0.3, 0.4) is 0 Å². The van der Waals surface area contributed by atoms with E-state index in [9.17, 15) is 0 Å². The molecule has 0 saturated heterocycles. The van der Waals surface area contributed by atoms with Crippen molar-refractivity contribution in [1.82, 2.24) is 9.78 Å². The molecule has 0 spiro atoms. The molecule has 0 amide bonds. The Labute approximate surface area is 119 Å². The van der Waals surface area contributed by atoms with Crippen LogP contribution in [0.15, 0.2) is 24.3 Å². The second kappa shape index (κ2) is 4.89. The zero-order chi connectivity index (χ0) is 14.2. The van der Waals surface area contributed by atoms with E-state index in [1.807, 2.05) is 31.2 Å². The molecule has 19 heavy (non-hydrogen) atoms. The number of anilines is 1. The van der Waals surface area contributed by atoms with E-state index in [2.05, 4.69) is 25.9 Å². The SMILES string of the molecule is Cc1ccc(-n2nc(CC(C)(C)C)c(Cl)c2N)cc1. The lowest BCUT2D eigenvalue weighted by molar-refractivity contribution is 0.405. The third-order valence-electron chi connectivity index (χ3n) is 2.90. The zero-order valence-corrected chi connectivity index (χ0v) is 12.6. The molecule has 0 aliphatic heterocycles. The van der Waals surface area contributed by atoms with E-state index < -0.39 is 0 Å². The van der Waals surface area contributed by atoms with Crippen molar-refractivity contribution in [3.63, 3.8) is 0 Å². The molecule has 2 N–H and O–H groups in total. The number of aromatic nitrogens is 2. The lowest BCUT2D eigenvalue weighted by Crippen LogP contribution is -2.10. The number of nitrogens with two attached hydrogens (primary N) is 1. The number of rotatable bonds is 2. The predicted octanol–water partition coefficient (Wildman–Crippen LogP) is 4.00. The molecule has 0 aliphatic carbocycles. The highest BCUT2D eigenvalue weighted by Gasteiger charge is 2.20. The van der Waals surface area contributed by atoms with E-state index in [0.29, 0.717) is 10.8 Å². The first-order chi connectivity index (χ1) is 8.78. The fraction of sp³-hybridized carbons (Fsp3) is 0.400. The Morgan fingerprint density at radius 1 is 1.21 bits per heavy atom. The monoisotopic (exact) mass is 277 g/mol. The molecule has 1 aromatic heterocycles. The number of hydrogen-bond donors (Lipinski definition) is 1. The van der Waals surface area contributed by atoms with Crippen LogP contribution in [-0.2, 0) is 6.42 Å². The van der Waals surface area contributed by atoms with Crippen LogP contribution in [-0.4, -0.2) is 9.78 Å². The first-order valence-electron chi connectivity index (χ1n) is 6.38. The number of halogens is 1. The van der Waals surface area contributed by atoms with Crippen molar-refractivity contribution in [2.75, 3.05) is 5.73 Å². The highest BCUT2D eigenvalue weighted by atomic mass is 35.5. The summed E-state index contributed by atoms with van der Waals surface area (Å²) in [7, 11) is 0. The summed E-state index contributed by atoms with van der Waals surface area (Å²) in [6, 6.07) is 8.06. The van der Waals surface area contributed by atoms with E-state index in [4.69, 9.17) is 17.3 Å². The molecule has 1 aromatic carbocycles. The summed E-state index contributed by atoms with van der Waals surface area (Å²) in [6.07, 6.45) is 0.800. The first-order valence-corrected chi connectivity index (χ1v) is 6.75. The largest absolute Gasteiger partial charge is 0.382 e. The average molecular weight is 278 g/mol. The Balaban J connectivity index is 2.43. The Morgan fingerprint density at radius 3 is 2.32 bits per heavy atom. The van der Waals surface area contributed by atoms with Gasteiger partial charge < -0.3 is 5.73 Å². The maximum absolute atomic E-state index is 6.29. The van der Waals surface area contributed by atoms with E-state index in [1.165, 1.54) is 5.56 Å². The molecule has 0 atom stereocenters. The molecule has 0 radical (unpaired) electrons. The number of hydrogen-bond acceptors (Lipinski definition) is 2. The first kappa shape index (κ1) is 13.9. The Morgan fingerprint density at radius 2 is 1.79 bits per heavy atom. The van der Waals surface area contributed by atoms with E-state index in [1.54, 1.807) is 4.68 Å². The van der Waals surface area contributed by atoms with Gasteiger partial charge in [0.05, 0.1) is 11.4 Å². The molecule has 0 saturated carbocycles. The lowest BCUT2D eigenvalue weighted by Gasteiger charge is -2.16. The molecular formula is C15H20ClN3. The van der Waals surface area contributed by atoms with Crippen LogP contribution in [0.5, 0.6) is 0 Å². The van der Waals surface area contributed by atoms with Crippen molar-refractivity contribution in [2.45, 2.75) is 34.1 Å². The predicted molar refractivity (Wildman–Crippen MR) is 80.9 cm³/mol. The Hall–Kier alpha value is -1.48. The highest BCUT2D eigenvalue weighted by molar-refractivity contribution is 6.33. The van der Waals surface area contributed by atoms with Gasteiger partial charge in [0.2, 0.25) is 0 Å². The van der Waals surface area contributed by atoms with Gasteiger partial charge in [-0.15, -0.1) is 0 Å². The normalized spacial score (nSPS) is 11.8. The summed E-state index contributed by atoms with van der Waals surface area (Å²) in [5.74, 6) is 0.504. The van der Waals surface area contributed by atoms with Gasteiger partial charge >= 0.3 is 0 Å². The quantitative estimate of drug-likeness (QED) is 0.901. The standard InChI is InChI=1S/C15H20ClN3/c1-10-5-7-11(8-6-10)19-14(17)13(16)12(18-19)9-15(2,3)4/h5-8H,9,17H2,1-4H3. The van der Waals surface area contributed by atoms with E-state index in [0.717, 1.165) is 17.8 Å². The third kappa shape index (κ3) is 3.10. The molecular weight excluding hydrogens is 258 g/mol. The number of nitrogen functional groups attached to an aromatic ring is 1. The van der Waals surface area contributed by atoms with Crippen molar-refractivity contribution in [2.24, 2.45) is 5.41 Å². The summed E-state index contributed by atoms with van der Waals surface area (Å²) in [4.78, 5) is 0. The Kier molecular flexibility index (Phi) is 3.59. The Bertz CT molecular complexity index is 577. The van der Waals surface area contributed by atoms with Gasteiger partial charge in [-0.1, -0.05) is 50.1 Å². The van der Waals surface area contributed by atoms with E-state index >= 15 is 0 Å². The fourth-order valence-electron chi connectivity index (χ4n) is 1.96.